The Labute approximate surface area is 122 Å². The number of rotatable bonds is 4. The summed E-state index contributed by atoms with van der Waals surface area (Å²) in [7, 11) is 0. The van der Waals surface area contributed by atoms with Crippen molar-refractivity contribution < 1.29 is 9.34 Å². The first-order valence-corrected chi connectivity index (χ1v) is 7.40. The Kier molecular flexibility index (Phi) is 3.53. The minimum atomic E-state index is -0.431. The van der Waals surface area contributed by atoms with Gasteiger partial charge in [0.05, 0.1) is 11.0 Å². The molecule has 0 saturated heterocycles. The lowest BCUT2D eigenvalue weighted by atomic mass is 9.94. The van der Waals surface area contributed by atoms with Gasteiger partial charge in [0.25, 0.3) is 11.7 Å². The highest BCUT2D eigenvalue weighted by Gasteiger charge is 2.32. The van der Waals surface area contributed by atoms with Crippen molar-refractivity contribution in [3.8, 4) is 0 Å². The molecule has 0 aliphatic heterocycles. The molecule has 21 heavy (non-hydrogen) atoms. The van der Waals surface area contributed by atoms with Gasteiger partial charge in [-0.3, -0.25) is 10.1 Å². The number of nitrogens with zero attached hydrogens (tertiary/aromatic N) is 2. The molecule has 3 unspecified atom stereocenters. The van der Waals surface area contributed by atoms with E-state index in [0.29, 0.717) is 29.1 Å². The van der Waals surface area contributed by atoms with Crippen molar-refractivity contribution in [2.75, 3.05) is 5.32 Å². The Morgan fingerprint density at radius 1 is 1.48 bits per heavy atom. The SMILES string of the molecule is CCC1CCC(Nc2nc3ccc([N+](=O)[O-])cc3o2)C1C. The van der Waals surface area contributed by atoms with Crippen LogP contribution in [0.3, 0.4) is 0 Å². The molecule has 0 spiro atoms. The van der Waals surface area contributed by atoms with Crippen LogP contribution in [0.25, 0.3) is 11.1 Å². The molecule has 0 amide bonds. The molecule has 1 aromatic heterocycles. The van der Waals surface area contributed by atoms with Crippen LogP contribution in [0.4, 0.5) is 11.7 Å². The first-order chi connectivity index (χ1) is 10.1. The predicted octanol–water partition coefficient (Wildman–Crippen LogP) is 3.97. The second-order valence-corrected chi connectivity index (χ2v) is 5.78. The third-order valence-electron chi connectivity index (χ3n) is 4.64. The van der Waals surface area contributed by atoms with Crippen molar-refractivity contribution in [2.45, 2.75) is 39.2 Å². The van der Waals surface area contributed by atoms with E-state index < -0.39 is 4.92 Å². The second kappa shape index (κ2) is 5.35. The van der Waals surface area contributed by atoms with Crippen LogP contribution in [0, 0.1) is 22.0 Å². The average molecular weight is 289 g/mol. The Morgan fingerprint density at radius 3 is 2.95 bits per heavy atom. The summed E-state index contributed by atoms with van der Waals surface area (Å²) in [5, 5.41) is 14.1. The summed E-state index contributed by atoms with van der Waals surface area (Å²) in [6.45, 7) is 4.48. The van der Waals surface area contributed by atoms with Gasteiger partial charge in [-0.25, -0.2) is 0 Å². The molecular weight excluding hydrogens is 270 g/mol. The maximum Gasteiger partial charge on any atom is 0.295 e. The third-order valence-corrected chi connectivity index (χ3v) is 4.64. The third kappa shape index (κ3) is 2.57. The number of anilines is 1. The highest BCUT2D eigenvalue weighted by molar-refractivity contribution is 5.77. The summed E-state index contributed by atoms with van der Waals surface area (Å²) in [6.07, 6.45) is 3.53. The number of oxazole rings is 1. The number of benzene rings is 1. The van der Waals surface area contributed by atoms with E-state index >= 15 is 0 Å². The zero-order valence-corrected chi connectivity index (χ0v) is 12.2. The van der Waals surface area contributed by atoms with Gasteiger partial charge in [0.15, 0.2) is 5.58 Å². The number of non-ortho nitro benzene ring substituents is 1. The van der Waals surface area contributed by atoms with E-state index in [9.17, 15) is 10.1 Å². The van der Waals surface area contributed by atoms with Crippen LogP contribution in [0.5, 0.6) is 0 Å². The molecular formula is C15H19N3O3. The lowest BCUT2D eigenvalue weighted by Crippen LogP contribution is -2.24. The fourth-order valence-electron chi connectivity index (χ4n) is 3.27. The van der Waals surface area contributed by atoms with E-state index in [4.69, 9.17) is 4.42 Å². The van der Waals surface area contributed by atoms with Crippen LogP contribution < -0.4 is 5.32 Å². The number of hydrogen-bond acceptors (Lipinski definition) is 5. The van der Waals surface area contributed by atoms with Gasteiger partial charge in [0, 0.05) is 12.1 Å². The zero-order chi connectivity index (χ0) is 15.0. The van der Waals surface area contributed by atoms with Crippen molar-refractivity contribution in [3.63, 3.8) is 0 Å². The van der Waals surface area contributed by atoms with Gasteiger partial charge in [-0.05, 0) is 30.7 Å². The van der Waals surface area contributed by atoms with Crippen molar-refractivity contribution in [1.82, 2.24) is 4.98 Å². The van der Waals surface area contributed by atoms with Gasteiger partial charge < -0.3 is 9.73 Å². The molecule has 6 nitrogen and oxygen atoms in total. The summed E-state index contributed by atoms with van der Waals surface area (Å²) < 4.78 is 5.61. The van der Waals surface area contributed by atoms with Crippen molar-refractivity contribution in [1.29, 1.82) is 0 Å². The Bertz CT molecular complexity index is 667. The average Bonchev–Trinajstić information content (AvgIpc) is 3.02. The molecule has 6 heteroatoms. The van der Waals surface area contributed by atoms with Gasteiger partial charge in [0.2, 0.25) is 0 Å². The fourth-order valence-corrected chi connectivity index (χ4v) is 3.27. The predicted molar refractivity (Wildman–Crippen MR) is 80.3 cm³/mol. The largest absolute Gasteiger partial charge is 0.423 e. The first kappa shape index (κ1) is 13.9. The van der Waals surface area contributed by atoms with Gasteiger partial charge in [0.1, 0.15) is 5.52 Å². The molecule has 0 bridgehead atoms. The molecule has 0 radical (unpaired) electrons. The fraction of sp³-hybridized carbons (Fsp3) is 0.533. The number of fused-ring (bicyclic) bond motifs is 1. The number of nitro benzene ring substituents is 1. The van der Waals surface area contributed by atoms with E-state index in [0.717, 1.165) is 12.3 Å². The second-order valence-electron chi connectivity index (χ2n) is 5.78. The summed E-state index contributed by atoms with van der Waals surface area (Å²) in [5.74, 6) is 1.33. The Hall–Kier alpha value is -2.11. The zero-order valence-electron chi connectivity index (χ0n) is 12.2. The molecule has 1 aliphatic rings. The van der Waals surface area contributed by atoms with E-state index in [1.165, 1.54) is 25.0 Å². The summed E-state index contributed by atoms with van der Waals surface area (Å²) >= 11 is 0. The molecule has 112 valence electrons. The van der Waals surface area contributed by atoms with E-state index in [2.05, 4.69) is 24.1 Å². The molecule has 1 aromatic carbocycles. The first-order valence-electron chi connectivity index (χ1n) is 7.40. The quantitative estimate of drug-likeness (QED) is 0.680. The number of aromatic nitrogens is 1. The lowest BCUT2D eigenvalue weighted by molar-refractivity contribution is -0.384. The van der Waals surface area contributed by atoms with Crippen LogP contribution in [0.15, 0.2) is 22.6 Å². The standard InChI is InChI=1S/C15H19N3O3/c1-3-10-4-6-12(9(10)2)16-15-17-13-7-5-11(18(19)20)8-14(13)21-15/h5,7-10,12H,3-4,6H2,1-2H3,(H,16,17). The Morgan fingerprint density at radius 2 is 2.29 bits per heavy atom. The molecule has 1 N–H and O–H groups in total. The highest BCUT2D eigenvalue weighted by atomic mass is 16.6. The topological polar surface area (TPSA) is 81.2 Å². The van der Waals surface area contributed by atoms with Gasteiger partial charge in [-0.15, -0.1) is 0 Å². The molecule has 1 fully saturated rings. The maximum absolute atomic E-state index is 10.8. The summed E-state index contributed by atoms with van der Waals surface area (Å²) in [6, 6.07) is 5.30. The van der Waals surface area contributed by atoms with Crippen LogP contribution in [0.1, 0.15) is 33.1 Å². The molecule has 1 heterocycles. The maximum atomic E-state index is 10.8. The normalized spacial score (nSPS) is 25.3. The van der Waals surface area contributed by atoms with Crippen LogP contribution in [0.2, 0.25) is 0 Å². The molecule has 2 aromatic rings. The van der Waals surface area contributed by atoms with Crippen molar-refractivity contribution in [2.24, 2.45) is 11.8 Å². The highest BCUT2D eigenvalue weighted by Crippen LogP contribution is 2.36. The Balaban J connectivity index is 1.80. The van der Waals surface area contributed by atoms with E-state index in [1.54, 1.807) is 6.07 Å². The molecule has 1 saturated carbocycles. The smallest absolute Gasteiger partial charge is 0.295 e. The van der Waals surface area contributed by atoms with Gasteiger partial charge >= 0.3 is 0 Å². The number of hydrogen-bond donors (Lipinski definition) is 1. The number of nitrogens with one attached hydrogen (secondary N) is 1. The van der Waals surface area contributed by atoms with Gasteiger partial charge in [-0.1, -0.05) is 20.3 Å². The van der Waals surface area contributed by atoms with Crippen LogP contribution in [-0.4, -0.2) is 15.9 Å². The molecule has 3 rings (SSSR count). The van der Waals surface area contributed by atoms with E-state index in [1.807, 2.05) is 0 Å². The van der Waals surface area contributed by atoms with Crippen molar-refractivity contribution >= 4 is 22.8 Å². The minimum absolute atomic E-state index is 0.0190. The monoisotopic (exact) mass is 289 g/mol. The van der Waals surface area contributed by atoms with E-state index in [-0.39, 0.29) is 5.69 Å². The summed E-state index contributed by atoms with van der Waals surface area (Å²) in [4.78, 5) is 14.7. The lowest BCUT2D eigenvalue weighted by Gasteiger charge is -2.19. The van der Waals surface area contributed by atoms with Crippen LogP contribution >= 0.6 is 0 Å². The van der Waals surface area contributed by atoms with Crippen LogP contribution in [-0.2, 0) is 0 Å². The number of nitro groups is 1. The van der Waals surface area contributed by atoms with Crippen molar-refractivity contribution in [3.05, 3.63) is 28.3 Å². The van der Waals surface area contributed by atoms with Gasteiger partial charge in [-0.2, -0.15) is 4.98 Å². The molecule has 1 aliphatic carbocycles. The molecule has 3 atom stereocenters. The summed E-state index contributed by atoms with van der Waals surface area (Å²) in [5.41, 5.74) is 1.11. The minimum Gasteiger partial charge on any atom is -0.423 e.